The minimum Gasteiger partial charge on any atom is -0.460 e. The van der Waals surface area contributed by atoms with E-state index in [1.807, 2.05) is 20.8 Å². The van der Waals surface area contributed by atoms with Crippen LogP contribution in [0.25, 0.3) is 0 Å². The second-order valence-electron chi connectivity index (χ2n) is 4.66. The van der Waals surface area contributed by atoms with E-state index >= 15 is 0 Å². The van der Waals surface area contributed by atoms with Crippen molar-refractivity contribution in [3.63, 3.8) is 0 Å². The van der Waals surface area contributed by atoms with Gasteiger partial charge < -0.3 is 15.8 Å². The minimum atomic E-state index is -0.250. The molecule has 1 saturated heterocycles. The first kappa shape index (κ1) is 11.3. The molecule has 0 saturated carbocycles. The monoisotopic (exact) mass is 199 g/mol. The van der Waals surface area contributed by atoms with Gasteiger partial charge in [0.15, 0.2) is 0 Å². The Bertz CT molecular complexity index is 202. The lowest BCUT2D eigenvalue weighted by atomic mass is 10.1. The van der Waals surface area contributed by atoms with E-state index in [2.05, 4.69) is 10.3 Å². The molecule has 4 nitrogen and oxygen atoms in total. The molecule has 1 aliphatic heterocycles. The molecule has 1 aliphatic rings. The van der Waals surface area contributed by atoms with Crippen LogP contribution in [0.5, 0.6) is 0 Å². The zero-order chi connectivity index (χ0) is 10.6. The summed E-state index contributed by atoms with van der Waals surface area (Å²) in [6.07, 6.45) is 2.10. The molecular weight excluding hydrogens is 178 g/mol. The number of rotatable bonds is 1. The van der Waals surface area contributed by atoms with Crippen LogP contribution in [0.2, 0.25) is 0 Å². The molecule has 14 heavy (non-hydrogen) atoms. The van der Waals surface area contributed by atoms with Crippen LogP contribution in [0, 0.1) is 0 Å². The fourth-order valence-corrected chi connectivity index (χ4v) is 1.46. The average Bonchev–Trinajstić information content (AvgIpc) is 2.02. The maximum absolute atomic E-state index is 5.70. The van der Waals surface area contributed by atoms with Crippen LogP contribution in [0.15, 0.2) is 4.99 Å². The van der Waals surface area contributed by atoms with Crippen LogP contribution < -0.4 is 11.1 Å². The molecule has 0 atom stereocenters. The molecule has 1 rings (SSSR count). The minimum absolute atomic E-state index is 0.250. The van der Waals surface area contributed by atoms with Gasteiger partial charge in [0.05, 0.1) is 6.04 Å². The van der Waals surface area contributed by atoms with Crippen molar-refractivity contribution in [2.45, 2.75) is 45.3 Å². The van der Waals surface area contributed by atoms with Crippen molar-refractivity contribution in [1.29, 1.82) is 0 Å². The van der Waals surface area contributed by atoms with Gasteiger partial charge in [-0.2, -0.15) is 0 Å². The van der Waals surface area contributed by atoms with E-state index in [1.54, 1.807) is 0 Å². The van der Waals surface area contributed by atoms with Gasteiger partial charge in [0.25, 0.3) is 6.02 Å². The van der Waals surface area contributed by atoms with Gasteiger partial charge in [0.2, 0.25) is 0 Å². The lowest BCUT2D eigenvalue weighted by Gasteiger charge is -2.23. The SMILES string of the molecule is CC(C)(C)OC(N)=NC1CCNCC1. The molecule has 3 N–H and O–H groups in total. The van der Waals surface area contributed by atoms with E-state index in [9.17, 15) is 0 Å². The van der Waals surface area contributed by atoms with E-state index in [4.69, 9.17) is 10.5 Å². The van der Waals surface area contributed by atoms with Gasteiger partial charge in [-0.05, 0) is 46.7 Å². The molecule has 4 heteroatoms. The fraction of sp³-hybridized carbons (Fsp3) is 0.900. The van der Waals surface area contributed by atoms with E-state index in [0.29, 0.717) is 12.1 Å². The topological polar surface area (TPSA) is 59.6 Å². The highest BCUT2D eigenvalue weighted by Gasteiger charge is 2.16. The maximum atomic E-state index is 5.70. The largest absolute Gasteiger partial charge is 0.460 e. The van der Waals surface area contributed by atoms with Gasteiger partial charge in [0.1, 0.15) is 5.60 Å². The summed E-state index contributed by atoms with van der Waals surface area (Å²) in [5, 5.41) is 3.29. The Morgan fingerprint density at radius 3 is 2.43 bits per heavy atom. The lowest BCUT2D eigenvalue weighted by Crippen LogP contribution is -2.34. The number of nitrogens with one attached hydrogen (secondary N) is 1. The molecule has 0 aliphatic carbocycles. The number of piperidine rings is 1. The predicted octanol–water partition coefficient (Wildman–Crippen LogP) is 0.868. The number of aliphatic imine (C=N–C) groups is 1. The molecule has 1 fully saturated rings. The lowest BCUT2D eigenvalue weighted by molar-refractivity contribution is 0.112. The summed E-state index contributed by atoms with van der Waals surface area (Å²) in [6, 6.07) is 0.656. The number of hydrogen-bond acceptors (Lipinski definition) is 3. The smallest absolute Gasteiger partial charge is 0.282 e. The van der Waals surface area contributed by atoms with Crippen molar-refractivity contribution >= 4 is 6.02 Å². The standard InChI is InChI=1S/C10H21N3O/c1-10(2,3)14-9(11)13-8-4-6-12-7-5-8/h8,12H,4-7H2,1-3H3,(H2,11,13). The molecule has 0 radical (unpaired) electrons. The molecule has 1 heterocycles. The highest BCUT2D eigenvalue weighted by Crippen LogP contribution is 2.10. The summed E-state index contributed by atoms with van der Waals surface area (Å²) in [6.45, 7) is 7.96. The Labute approximate surface area is 85.9 Å². The third-order valence-corrected chi connectivity index (χ3v) is 2.03. The first-order chi connectivity index (χ1) is 6.47. The Morgan fingerprint density at radius 1 is 1.36 bits per heavy atom. The Balaban J connectivity index is 2.41. The third kappa shape index (κ3) is 4.46. The maximum Gasteiger partial charge on any atom is 0.282 e. The summed E-state index contributed by atoms with van der Waals surface area (Å²) < 4.78 is 5.45. The van der Waals surface area contributed by atoms with Crippen LogP contribution >= 0.6 is 0 Å². The van der Waals surface area contributed by atoms with E-state index in [-0.39, 0.29) is 5.60 Å². The van der Waals surface area contributed by atoms with Crippen molar-refractivity contribution in [1.82, 2.24) is 5.32 Å². The predicted molar refractivity (Wildman–Crippen MR) is 58.4 cm³/mol. The Morgan fingerprint density at radius 2 is 1.93 bits per heavy atom. The second-order valence-corrected chi connectivity index (χ2v) is 4.66. The Kier molecular flexibility index (Phi) is 3.75. The summed E-state index contributed by atoms with van der Waals surface area (Å²) in [4.78, 5) is 4.35. The number of nitrogens with two attached hydrogens (primary N) is 1. The van der Waals surface area contributed by atoms with Crippen LogP contribution in [0.3, 0.4) is 0 Å². The average molecular weight is 199 g/mol. The van der Waals surface area contributed by atoms with Crippen LogP contribution in [0.4, 0.5) is 0 Å². The van der Waals surface area contributed by atoms with Crippen molar-refractivity contribution in [3.8, 4) is 0 Å². The van der Waals surface area contributed by atoms with E-state index in [1.165, 1.54) is 0 Å². The van der Waals surface area contributed by atoms with Gasteiger partial charge >= 0.3 is 0 Å². The fourth-order valence-electron chi connectivity index (χ4n) is 1.46. The molecular formula is C10H21N3O. The zero-order valence-electron chi connectivity index (χ0n) is 9.34. The van der Waals surface area contributed by atoms with Gasteiger partial charge in [0, 0.05) is 0 Å². The van der Waals surface area contributed by atoms with E-state index in [0.717, 1.165) is 25.9 Å². The third-order valence-electron chi connectivity index (χ3n) is 2.03. The highest BCUT2D eigenvalue weighted by atomic mass is 16.5. The van der Waals surface area contributed by atoms with Gasteiger partial charge in [-0.25, -0.2) is 4.99 Å². The quantitative estimate of drug-likeness (QED) is 0.486. The number of ether oxygens (including phenoxy) is 1. The summed E-state index contributed by atoms with van der Waals surface area (Å²) in [5.41, 5.74) is 5.45. The first-order valence-electron chi connectivity index (χ1n) is 5.20. The van der Waals surface area contributed by atoms with Crippen molar-refractivity contribution in [2.75, 3.05) is 13.1 Å². The second kappa shape index (κ2) is 4.64. The molecule has 0 amide bonds. The molecule has 0 bridgehead atoms. The number of nitrogens with zero attached hydrogens (tertiary/aromatic N) is 1. The van der Waals surface area contributed by atoms with Crippen LogP contribution in [-0.2, 0) is 4.74 Å². The van der Waals surface area contributed by atoms with Crippen LogP contribution in [0.1, 0.15) is 33.6 Å². The zero-order valence-corrected chi connectivity index (χ0v) is 9.34. The van der Waals surface area contributed by atoms with Crippen molar-refractivity contribution < 1.29 is 4.74 Å². The van der Waals surface area contributed by atoms with Crippen molar-refractivity contribution in [3.05, 3.63) is 0 Å². The normalized spacial score (nSPS) is 20.9. The van der Waals surface area contributed by atoms with Gasteiger partial charge in [-0.1, -0.05) is 0 Å². The van der Waals surface area contributed by atoms with Crippen molar-refractivity contribution in [2.24, 2.45) is 10.7 Å². The molecule has 0 aromatic heterocycles. The number of hydrogen-bond donors (Lipinski definition) is 2. The summed E-state index contributed by atoms with van der Waals surface area (Å²) in [7, 11) is 0. The summed E-state index contributed by atoms with van der Waals surface area (Å²) >= 11 is 0. The molecule has 82 valence electrons. The molecule has 0 spiro atoms. The molecule has 0 aromatic carbocycles. The first-order valence-corrected chi connectivity index (χ1v) is 5.20. The molecule has 0 aromatic rings. The highest BCUT2D eigenvalue weighted by molar-refractivity contribution is 5.72. The Hall–Kier alpha value is -0.770. The number of amidine groups is 1. The summed E-state index contributed by atoms with van der Waals surface area (Å²) in [5.74, 6) is 0. The van der Waals surface area contributed by atoms with E-state index < -0.39 is 0 Å². The van der Waals surface area contributed by atoms with Crippen LogP contribution in [-0.4, -0.2) is 30.8 Å². The van der Waals surface area contributed by atoms with Gasteiger partial charge in [-0.3, -0.25) is 0 Å². The van der Waals surface area contributed by atoms with Gasteiger partial charge in [-0.15, -0.1) is 0 Å². The molecule has 0 unspecified atom stereocenters.